The summed E-state index contributed by atoms with van der Waals surface area (Å²) in [6, 6.07) is 23.3. The van der Waals surface area contributed by atoms with Crippen molar-refractivity contribution in [1.29, 1.82) is 0 Å². The van der Waals surface area contributed by atoms with Gasteiger partial charge in [0, 0.05) is 61.7 Å². The van der Waals surface area contributed by atoms with Crippen LogP contribution < -0.4 is 10.1 Å². The molecule has 42 heavy (non-hydrogen) atoms. The van der Waals surface area contributed by atoms with Gasteiger partial charge in [0.15, 0.2) is 5.65 Å². The molecule has 1 N–H and O–H groups in total. The third-order valence-electron chi connectivity index (χ3n) is 8.31. The van der Waals surface area contributed by atoms with Crippen LogP contribution in [0.4, 0.5) is 0 Å². The molecule has 0 bridgehead atoms. The van der Waals surface area contributed by atoms with Gasteiger partial charge in [-0.1, -0.05) is 49.0 Å². The fourth-order valence-electron chi connectivity index (χ4n) is 6.20. The number of rotatable bonds is 7. The van der Waals surface area contributed by atoms with Crippen LogP contribution in [0.2, 0.25) is 0 Å². The minimum atomic E-state index is 0.0289. The van der Waals surface area contributed by atoms with E-state index in [2.05, 4.69) is 47.3 Å². The zero-order chi connectivity index (χ0) is 28.6. The molecule has 1 aliphatic carbocycles. The maximum absolute atomic E-state index is 12.0. The highest BCUT2D eigenvalue weighted by Gasteiger charge is 2.29. The van der Waals surface area contributed by atoms with Crippen molar-refractivity contribution in [2.24, 2.45) is 7.05 Å². The van der Waals surface area contributed by atoms with Crippen molar-refractivity contribution in [2.45, 2.75) is 37.8 Å². The van der Waals surface area contributed by atoms with Crippen LogP contribution in [-0.4, -0.2) is 54.3 Å². The van der Waals surface area contributed by atoms with Gasteiger partial charge in [0.2, 0.25) is 17.7 Å². The Labute approximate surface area is 244 Å². The molecule has 0 spiro atoms. The number of hydrogen-bond donors (Lipinski definition) is 1. The van der Waals surface area contributed by atoms with E-state index in [0.29, 0.717) is 23.8 Å². The van der Waals surface area contributed by atoms with E-state index >= 15 is 0 Å². The number of nitrogens with zero attached hydrogens (tertiary/aromatic N) is 6. The minimum Gasteiger partial charge on any atom is -0.418 e. The molecule has 1 amide bonds. The van der Waals surface area contributed by atoms with Crippen LogP contribution in [0, 0.1) is 0 Å². The largest absolute Gasteiger partial charge is 0.418 e. The molecule has 1 saturated heterocycles. The number of likely N-dealkylation sites (tertiary alicyclic amines) is 1. The second-order valence-corrected chi connectivity index (χ2v) is 11.0. The van der Waals surface area contributed by atoms with Gasteiger partial charge in [-0.25, -0.2) is 9.50 Å². The van der Waals surface area contributed by atoms with E-state index < -0.39 is 0 Å². The van der Waals surface area contributed by atoms with Crippen molar-refractivity contribution >= 4 is 11.6 Å². The van der Waals surface area contributed by atoms with Crippen LogP contribution in [0.5, 0.6) is 11.8 Å². The van der Waals surface area contributed by atoms with Crippen LogP contribution in [0.3, 0.4) is 0 Å². The highest BCUT2D eigenvalue weighted by Crippen LogP contribution is 2.38. The lowest BCUT2D eigenvalue weighted by Gasteiger charge is -2.33. The number of ether oxygens (including phenoxy) is 1. The Morgan fingerprint density at radius 2 is 1.79 bits per heavy atom. The predicted octanol–water partition coefficient (Wildman–Crippen LogP) is 5.34. The van der Waals surface area contributed by atoms with Crippen LogP contribution in [0.1, 0.15) is 36.4 Å². The topological polar surface area (TPSA) is 89.6 Å². The van der Waals surface area contributed by atoms with Gasteiger partial charge < -0.3 is 15.0 Å². The zero-order valence-corrected chi connectivity index (χ0v) is 23.6. The Hall–Kier alpha value is -4.76. The van der Waals surface area contributed by atoms with E-state index in [0.717, 1.165) is 66.9 Å². The molecule has 9 heteroatoms. The van der Waals surface area contributed by atoms with E-state index in [1.807, 2.05) is 59.1 Å². The third-order valence-corrected chi connectivity index (χ3v) is 8.31. The van der Waals surface area contributed by atoms with Crippen molar-refractivity contribution in [2.75, 3.05) is 13.1 Å². The van der Waals surface area contributed by atoms with Gasteiger partial charge in [-0.2, -0.15) is 0 Å². The number of carbonyl (C=O) groups is 1. The second-order valence-electron chi connectivity index (χ2n) is 11.0. The van der Waals surface area contributed by atoms with Crippen molar-refractivity contribution in [3.63, 3.8) is 0 Å². The van der Waals surface area contributed by atoms with Crippen molar-refractivity contribution < 1.29 is 9.53 Å². The van der Waals surface area contributed by atoms with Crippen molar-refractivity contribution in [3.8, 4) is 34.3 Å². The number of imidazole rings is 1. The third kappa shape index (κ3) is 4.96. The summed E-state index contributed by atoms with van der Waals surface area (Å²) in [6.07, 6.45) is 7.26. The number of fused-ring (bicyclic) bond motifs is 2. The van der Waals surface area contributed by atoms with Gasteiger partial charge in [0.1, 0.15) is 5.69 Å². The second kappa shape index (κ2) is 10.9. The molecule has 212 valence electrons. The fraction of sp³-hybridized carbons (Fsp3) is 0.273. The molecular weight excluding hydrogens is 526 g/mol. The lowest BCUT2D eigenvalue weighted by Crippen LogP contribution is -2.45. The SMILES string of the molecule is C=CC(=O)N1CCC(N[C@H]2CCc3cc(-c4nc5ccc(Oc6ccn(C)n6)nn5c4-c4ccccc4)ccc32)CC1. The Kier molecular flexibility index (Phi) is 6.79. The standard InChI is InChI=1S/C33H33N7O2/c1-3-31(41)39-19-15-25(16-20-39)34-27-12-10-23-21-24(9-11-26(23)27)32-33(22-7-5-4-6-8-22)40-28(35-32)13-14-29(37-40)42-30-17-18-38(2)36-30/h3-9,11,13-14,17-18,21,25,27,34H,1,10,12,15-16,19-20H2,2H3/t27-/m0/s1. The van der Waals surface area contributed by atoms with Crippen LogP contribution in [-0.2, 0) is 18.3 Å². The van der Waals surface area contributed by atoms with Crippen molar-refractivity contribution in [1.82, 2.24) is 34.6 Å². The van der Waals surface area contributed by atoms with E-state index in [1.165, 1.54) is 17.2 Å². The molecule has 1 aliphatic heterocycles. The highest BCUT2D eigenvalue weighted by atomic mass is 16.5. The molecule has 0 saturated carbocycles. The molecule has 1 fully saturated rings. The smallest absolute Gasteiger partial charge is 0.245 e. The summed E-state index contributed by atoms with van der Waals surface area (Å²) in [5, 5.41) is 13.0. The van der Waals surface area contributed by atoms with E-state index in [4.69, 9.17) is 14.8 Å². The number of amides is 1. The molecule has 1 atom stereocenters. The quantitative estimate of drug-likeness (QED) is 0.271. The summed E-state index contributed by atoms with van der Waals surface area (Å²) in [4.78, 5) is 18.9. The first kappa shape index (κ1) is 26.2. The molecular formula is C33H33N7O2. The van der Waals surface area contributed by atoms with Gasteiger partial charge >= 0.3 is 0 Å². The first-order valence-corrected chi connectivity index (χ1v) is 14.5. The lowest BCUT2D eigenvalue weighted by atomic mass is 9.99. The summed E-state index contributed by atoms with van der Waals surface area (Å²) in [5.41, 5.74) is 7.38. The number of nitrogens with one attached hydrogen (secondary N) is 1. The maximum atomic E-state index is 12.0. The molecule has 4 heterocycles. The summed E-state index contributed by atoms with van der Waals surface area (Å²) in [6.45, 7) is 5.18. The average molecular weight is 560 g/mol. The van der Waals surface area contributed by atoms with Crippen molar-refractivity contribution in [3.05, 3.63) is 96.7 Å². The summed E-state index contributed by atoms with van der Waals surface area (Å²) < 4.78 is 9.51. The Morgan fingerprint density at radius 3 is 2.55 bits per heavy atom. The highest BCUT2D eigenvalue weighted by molar-refractivity contribution is 5.87. The van der Waals surface area contributed by atoms with Crippen LogP contribution >= 0.6 is 0 Å². The van der Waals surface area contributed by atoms with Gasteiger partial charge in [-0.15, -0.1) is 10.2 Å². The molecule has 2 aliphatic rings. The number of piperidine rings is 1. The number of aryl methyl sites for hydroxylation is 2. The van der Waals surface area contributed by atoms with E-state index in [-0.39, 0.29) is 5.91 Å². The molecule has 7 rings (SSSR count). The van der Waals surface area contributed by atoms with E-state index in [1.54, 1.807) is 4.68 Å². The Bertz CT molecular complexity index is 1770. The first-order chi connectivity index (χ1) is 20.6. The van der Waals surface area contributed by atoms with Gasteiger partial charge in [-0.05, 0) is 55.0 Å². The molecule has 3 aromatic heterocycles. The number of aromatic nitrogens is 5. The van der Waals surface area contributed by atoms with Gasteiger partial charge in [0.05, 0.1) is 5.69 Å². The normalized spacial score (nSPS) is 17.0. The number of hydrogen-bond acceptors (Lipinski definition) is 6. The van der Waals surface area contributed by atoms with Crippen LogP contribution in [0.15, 0.2) is 85.6 Å². The Morgan fingerprint density at radius 1 is 0.976 bits per heavy atom. The Balaban J connectivity index is 1.18. The summed E-state index contributed by atoms with van der Waals surface area (Å²) in [7, 11) is 1.85. The minimum absolute atomic E-state index is 0.0289. The predicted molar refractivity (Wildman–Crippen MR) is 161 cm³/mol. The fourth-order valence-corrected chi connectivity index (χ4v) is 6.20. The van der Waals surface area contributed by atoms with Gasteiger partial charge in [0.25, 0.3) is 0 Å². The number of benzene rings is 2. The first-order valence-electron chi connectivity index (χ1n) is 14.5. The summed E-state index contributed by atoms with van der Waals surface area (Å²) >= 11 is 0. The molecule has 2 aromatic carbocycles. The van der Waals surface area contributed by atoms with E-state index in [9.17, 15) is 4.79 Å². The molecule has 0 radical (unpaired) electrons. The monoisotopic (exact) mass is 559 g/mol. The average Bonchev–Trinajstić information content (AvgIpc) is 3.73. The lowest BCUT2D eigenvalue weighted by molar-refractivity contribution is -0.127. The summed E-state index contributed by atoms with van der Waals surface area (Å²) in [5.74, 6) is 0.967. The number of carbonyl (C=O) groups excluding carboxylic acids is 1. The van der Waals surface area contributed by atoms with Crippen LogP contribution in [0.25, 0.3) is 28.2 Å². The molecule has 0 unspecified atom stereocenters. The van der Waals surface area contributed by atoms with Gasteiger partial charge in [-0.3, -0.25) is 9.48 Å². The maximum Gasteiger partial charge on any atom is 0.245 e. The molecule has 5 aromatic rings. The molecule has 9 nitrogen and oxygen atoms in total. The zero-order valence-electron chi connectivity index (χ0n) is 23.6.